The standard InChI is InChI=1S/C15H16N2O6/c1-22-12-8-10(2-4-11(12)18)3-5-14(20)23-9-13(19)17-7-6-16-15(17)21/h2-5,8,18H,6-7,9H2,1H3,(H,16,21)/b5-3+. The summed E-state index contributed by atoms with van der Waals surface area (Å²) in [5.74, 6) is -1.03. The van der Waals surface area contributed by atoms with Crippen LogP contribution in [0.5, 0.6) is 11.5 Å². The molecule has 0 radical (unpaired) electrons. The fourth-order valence-electron chi connectivity index (χ4n) is 1.93. The van der Waals surface area contributed by atoms with Gasteiger partial charge in [-0.15, -0.1) is 0 Å². The topological polar surface area (TPSA) is 105 Å². The zero-order chi connectivity index (χ0) is 16.8. The van der Waals surface area contributed by atoms with Crippen LogP contribution in [0.25, 0.3) is 6.08 Å². The molecule has 0 spiro atoms. The summed E-state index contributed by atoms with van der Waals surface area (Å²) < 4.78 is 9.74. The average Bonchev–Trinajstić information content (AvgIpc) is 2.98. The van der Waals surface area contributed by atoms with E-state index in [1.807, 2.05) is 0 Å². The molecule has 122 valence electrons. The maximum Gasteiger partial charge on any atom is 0.331 e. The van der Waals surface area contributed by atoms with Gasteiger partial charge in [-0.25, -0.2) is 9.59 Å². The van der Waals surface area contributed by atoms with E-state index in [-0.39, 0.29) is 18.0 Å². The van der Waals surface area contributed by atoms with E-state index in [0.29, 0.717) is 12.1 Å². The molecule has 1 aliphatic rings. The van der Waals surface area contributed by atoms with E-state index >= 15 is 0 Å². The Hall–Kier alpha value is -3.03. The van der Waals surface area contributed by atoms with Crippen molar-refractivity contribution in [3.05, 3.63) is 29.8 Å². The number of phenolic OH excluding ortho intramolecular Hbond substituents is 1. The number of nitrogens with zero attached hydrogens (tertiary/aromatic N) is 1. The van der Waals surface area contributed by atoms with E-state index in [2.05, 4.69) is 5.32 Å². The van der Waals surface area contributed by atoms with Crippen molar-refractivity contribution in [2.45, 2.75) is 0 Å². The highest BCUT2D eigenvalue weighted by atomic mass is 16.5. The lowest BCUT2D eigenvalue weighted by molar-refractivity contribution is -0.146. The molecule has 1 fully saturated rings. The second-order valence-electron chi connectivity index (χ2n) is 4.65. The lowest BCUT2D eigenvalue weighted by atomic mass is 10.2. The van der Waals surface area contributed by atoms with Gasteiger partial charge in [-0.05, 0) is 23.8 Å². The van der Waals surface area contributed by atoms with E-state index in [4.69, 9.17) is 9.47 Å². The molecule has 0 unspecified atom stereocenters. The molecule has 23 heavy (non-hydrogen) atoms. The fourth-order valence-corrected chi connectivity index (χ4v) is 1.93. The average molecular weight is 320 g/mol. The van der Waals surface area contributed by atoms with Crippen molar-refractivity contribution in [3.63, 3.8) is 0 Å². The Morgan fingerprint density at radius 1 is 1.43 bits per heavy atom. The van der Waals surface area contributed by atoms with Crippen molar-refractivity contribution in [2.75, 3.05) is 26.8 Å². The van der Waals surface area contributed by atoms with Crippen molar-refractivity contribution in [1.29, 1.82) is 0 Å². The number of urea groups is 1. The number of hydrogen-bond donors (Lipinski definition) is 2. The summed E-state index contributed by atoms with van der Waals surface area (Å²) in [4.78, 5) is 35.5. The number of nitrogens with one attached hydrogen (secondary N) is 1. The molecule has 1 aromatic carbocycles. The number of phenols is 1. The van der Waals surface area contributed by atoms with Crippen molar-refractivity contribution >= 4 is 24.0 Å². The second-order valence-corrected chi connectivity index (χ2v) is 4.65. The van der Waals surface area contributed by atoms with Crippen LogP contribution in [-0.2, 0) is 14.3 Å². The zero-order valence-electron chi connectivity index (χ0n) is 12.4. The Bertz CT molecular complexity index is 655. The molecule has 0 saturated carbocycles. The number of amides is 3. The molecule has 0 aliphatic carbocycles. The van der Waals surface area contributed by atoms with E-state index < -0.39 is 24.5 Å². The number of methoxy groups -OCH3 is 1. The van der Waals surface area contributed by atoms with Crippen LogP contribution in [0.4, 0.5) is 4.79 Å². The first-order valence-electron chi connectivity index (χ1n) is 6.81. The van der Waals surface area contributed by atoms with Gasteiger partial charge in [-0.3, -0.25) is 9.69 Å². The van der Waals surface area contributed by atoms with Crippen LogP contribution in [-0.4, -0.2) is 54.7 Å². The number of carbonyl (C=O) groups excluding carboxylic acids is 3. The highest BCUT2D eigenvalue weighted by Crippen LogP contribution is 2.26. The predicted octanol–water partition coefficient (Wildman–Crippen LogP) is 0.509. The van der Waals surface area contributed by atoms with Crippen molar-refractivity contribution in [2.24, 2.45) is 0 Å². The van der Waals surface area contributed by atoms with Crippen LogP contribution in [0, 0.1) is 0 Å². The summed E-state index contributed by atoms with van der Waals surface area (Å²) in [6.45, 7) is 0.148. The smallest absolute Gasteiger partial charge is 0.331 e. The molecule has 1 saturated heterocycles. The van der Waals surface area contributed by atoms with Gasteiger partial charge in [0, 0.05) is 19.2 Å². The van der Waals surface area contributed by atoms with Crippen molar-refractivity contribution in [3.8, 4) is 11.5 Å². The van der Waals surface area contributed by atoms with E-state index in [1.165, 1.54) is 19.3 Å². The van der Waals surface area contributed by atoms with Crippen LogP contribution < -0.4 is 10.1 Å². The van der Waals surface area contributed by atoms with E-state index in [9.17, 15) is 19.5 Å². The Labute approximate surface area is 132 Å². The highest BCUT2D eigenvalue weighted by molar-refractivity contribution is 5.97. The largest absolute Gasteiger partial charge is 0.504 e. The number of imide groups is 1. The number of carbonyl (C=O) groups is 3. The molecule has 0 aromatic heterocycles. The maximum atomic E-state index is 11.7. The molecule has 8 nitrogen and oxygen atoms in total. The van der Waals surface area contributed by atoms with Crippen molar-refractivity contribution in [1.82, 2.24) is 10.2 Å². The van der Waals surface area contributed by atoms with Crippen LogP contribution in [0.1, 0.15) is 5.56 Å². The second kappa shape index (κ2) is 7.30. The molecule has 1 heterocycles. The minimum Gasteiger partial charge on any atom is -0.504 e. The minimum absolute atomic E-state index is 0.0123. The third kappa shape index (κ3) is 4.22. The van der Waals surface area contributed by atoms with Gasteiger partial charge in [0.25, 0.3) is 5.91 Å². The maximum absolute atomic E-state index is 11.7. The molecule has 1 aliphatic heterocycles. The van der Waals surface area contributed by atoms with Crippen LogP contribution in [0.3, 0.4) is 0 Å². The highest BCUT2D eigenvalue weighted by Gasteiger charge is 2.26. The first-order chi connectivity index (χ1) is 11.0. The Kier molecular flexibility index (Phi) is 5.19. The van der Waals surface area contributed by atoms with E-state index in [1.54, 1.807) is 12.1 Å². The normalized spacial score (nSPS) is 14.0. The Morgan fingerprint density at radius 3 is 2.87 bits per heavy atom. The predicted molar refractivity (Wildman–Crippen MR) is 79.8 cm³/mol. The lowest BCUT2D eigenvalue weighted by Gasteiger charge is -2.11. The molecular formula is C15H16N2O6. The third-order valence-corrected chi connectivity index (χ3v) is 3.11. The molecule has 2 N–H and O–H groups in total. The molecule has 3 amide bonds. The summed E-state index contributed by atoms with van der Waals surface area (Å²) in [6, 6.07) is 4.07. The summed E-state index contributed by atoms with van der Waals surface area (Å²) in [5, 5.41) is 11.9. The van der Waals surface area contributed by atoms with Gasteiger partial charge in [0.2, 0.25) is 0 Å². The quantitative estimate of drug-likeness (QED) is 0.605. The Balaban J connectivity index is 1.87. The molecule has 0 bridgehead atoms. The van der Waals surface area contributed by atoms with Gasteiger partial charge in [-0.1, -0.05) is 6.07 Å². The van der Waals surface area contributed by atoms with Crippen LogP contribution in [0.2, 0.25) is 0 Å². The summed E-state index contributed by atoms with van der Waals surface area (Å²) in [5.41, 5.74) is 0.613. The lowest BCUT2D eigenvalue weighted by Crippen LogP contribution is -2.37. The fraction of sp³-hybridized carbons (Fsp3) is 0.267. The number of benzene rings is 1. The summed E-state index contributed by atoms with van der Waals surface area (Å²) in [7, 11) is 1.41. The SMILES string of the molecule is COc1cc(/C=C/C(=O)OCC(=O)N2CCNC2=O)ccc1O. The zero-order valence-corrected chi connectivity index (χ0v) is 12.4. The van der Waals surface area contributed by atoms with Crippen molar-refractivity contribution < 1.29 is 29.0 Å². The van der Waals surface area contributed by atoms with Gasteiger partial charge in [0.1, 0.15) is 0 Å². The first-order valence-corrected chi connectivity index (χ1v) is 6.81. The third-order valence-electron chi connectivity index (χ3n) is 3.11. The molecule has 8 heteroatoms. The number of esters is 1. The van der Waals surface area contributed by atoms with Gasteiger partial charge < -0.3 is 19.9 Å². The summed E-state index contributed by atoms with van der Waals surface area (Å²) in [6.07, 6.45) is 2.60. The molecule has 2 rings (SSSR count). The summed E-state index contributed by atoms with van der Waals surface area (Å²) >= 11 is 0. The number of rotatable bonds is 5. The first kappa shape index (κ1) is 16.3. The molecule has 0 atom stereocenters. The van der Waals surface area contributed by atoms with Gasteiger partial charge in [0.15, 0.2) is 18.1 Å². The van der Waals surface area contributed by atoms with Gasteiger partial charge in [0.05, 0.1) is 7.11 Å². The molecular weight excluding hydrogens is 304 g/mol. The van der Waals surface area contributed by atoms with Crippen LogP contribution in [0.15, 0.2) is 24.3 Å². The van der Waals surface area contributed by atoms with Gasteiger partial charge in [-0.2, -0.15) is 0 Å². The monoisotopic (exact) mass is 320 g/mol. The number of hydrogen-bond acceptors (Lipinski definition) is 6. The molecule has 1 aromatic rings. The number of ether oxygens (including phenoxy) is 2. The van der Waals surface area contributed by atoms with Gasteiger partial charge >= 0.3 is 12.0 Å². The Morgan fingerprint density at radius 2 is 2.22 bits per heavy atom. The van der Waals surface area contributed by atoms with Crippen LogP contribution >= 0.6 is 0 Å². The van der Waals surface area contributed by atoms with E-state index in [0.717, 1.165) is 11.0 Å². The minimum atomic E-state index is -0.718. The number of aromatic hydroxyl groups is 1.